The minimum Gasteiger partial charge on any atom is -0.463 e. The van der Waals surface area contributed by atoms with E-state index >= 15 is 0 Å². The molecule has 1 saturated heterocycles. The van der Waals surface area contributed by atoms with Gasteiger partial charge in [-0.15, -0.1) is 0 Å². The fraction of sp³-hybridized carbons (Fsp3) is 0.250. The van der Waals surface area contributed by atoms with E-state index < -0.39 is 46.5 Å². The molecule has 1 fully saturated rings. The lowest BCUT2D eigenvalue weighted by atomic mass is 9.92. The van der Waals surface area contributed by atoms with Crippen LogP contribution in [-0.2, 0) is 58.3 Å². The van der Waals surface area contributed by atoms with Crippen LogP contribution in [0.3, 0.4) is 0 Å². The van der Waals surface area contributed by atoms with Gasteiger partial charge in [-0.3, -0.25) is 4.79 Å². The van der Waals surface area contributed by atoms with Crippen LogP contribution in [0.5, 0.6) is 0 Å². The Morgan fingerprint density at radius 2 is 1.15 bits per heavy atom. The van der Waals surface area contributed by atoms with Crippen LogP contribution in [0, 0.1) is 6.92 Å². The summed E-state index contributed by atoms with van der Waals surface area (Å²) in [5, 5.41) is 0.703. The number of rotatable bonds is 14. The average molecular weight is 746 g/mol. The Kier molecular flexibility index (Phi) is 11.7. The monoisotopic (exact) mass is 745 g/mol. The number of ether oxygens (including phenoxy) is 5. The first kappa shape index (κ1) is 37.2. The van der Waals surface area contributed by atoms with E-state index in [1.165, 1.54) is 10.9 Å². The second-order valence-electron chi connectivity index (χ2n) is 13.4. The summed E-state index contributed by atoms with van der Waals surface area (Å²) in [5.41, 5.74) is 4.53. The molecule has 5 atom stereocenters. The molecule has 0 bridgehead atoms. The number of carbonyl (C=O) groups is 1. The summed E-state index contributed by atoms with van der Waals surface area (Å²) < 4.78 is 63.7. The highest BCUT2D eigenvalue weighted by atomic mass is 32.2. The predicted octanol–water partition coefficient (Wildman–Crippen LogP) is 7.95. The molecule has 10 heteroatoms. The largest absolute Gasteiger partial charge is 0.463 e. The van der Waals surface area contributed by atoms with Crippen molar-refractivity contribution in [3.05, 3.63) is 174 Å². The summed E-state index contributed by atoms with van der Waals surface area (Å²) in [5.74, 6) is -0.489. The van der Waals surface area contributed by atoms with Crippen molar-refractivity contribution in [2.24, 2.45) is 0 Å². The van der Waals surface area contributed by atoms with E-state index in [2.05, 4.69) is 0 Å². The van der Waals surface area contributed by atoms with Crippen molar-refractivity contribution in [3.63, 3.8) is 0 Å². The lowest BCUT2D eigenvalue weighted by molar-refractivity contribution is -0.274. The molecule has 54 heavy (non-hydrogen) atoms. The van der Waals surface area contributed by atoms with Gasteiger partial charge in [0.05, 0.1) is 35.9 Å². The van der Waals surface area contributed by atoms with Crippen LogP contribution < -0.4 is 0 Å². The van der Waals surface area contributed by atoms with Crippen molar-refractivity contribution < 1.29 is 36.9 Å². The first-order chi connectivity index (χ1) is 26.3. The number of fused-ring (bicyclic) bond motifs is 1. The third-order valence-electron chi connectivity index (χ3n) is 9.48. The highest BCUT2D eigenvalue weighted by molar-refractivity contribution is 7.90. The van der Waals surface area contributed by atoms with E-state index in [-0.39, 0.29) is 31.3 Å². The van der Waals surface area contributed by atoms with Gasteiger partial charge in [0, 0.05) is 12.3 Å². The molecule has 1 aromatic heterocycles. The fourth-order valence-electron chi connectivity index (χ4n) is 6.79. The van der Waals surface area contributed by atoms with Crippen LogP contribution in [-0.4, -0.2) is 49.4 Å². The molecule has 1 aliphatic rings. The summed E-state index contributed by atoms with van der Waals surface area (Å²) in [4.78, 5) is 12.4. The van der Waals surface area contributed by atoms with Gasteiger partial charge in [0.1, 0.15) is 37.1 Å². The smallest absolute Gasteiger partial charge is 0.302 e. The maximum absolute atomic E-state index is 14.7. The van der Waals surface area contributed by atoms with Crippen LogP contribution in [0.25, 0.3) is 10.9 Å². The second kappa shape index (κ2) is 16.9. The molecule has 0 saturated carbocycles. The zero-order valence-electron chi connectivity index (χ0n) is 30.2. The molecule has 0 amide bonds. The first-order valence-electron chi connectivity index (χ1n) is 18.0. The van der Waals surface area contributed by atoms with Gasteiger partial charge in [0.2, 0.25) is 0 Å². The topological polar surface area (TPSA) is 102 Å². The van der Waals surface area contributed by atoms with Gasteiger partial charge in [0.15, 0.2) is 0 Å². The van der Waals surface area contributed by atoms with Crippen molar-refractivity contribution >= 4 is 26.9 Å². The molecule has 2 heterocycles. The van der Waals surface area contributed by atoms with E-state index in [1.807, 2.05) is 116 Å². The van der Waals surface area contributed by atoms with Crippen LogP contribution in [0.2, 0.25) is 0 Å². The standard InChI is InChI=1S/C44H43NO8S/c1-31-22-24-37(25-23-31)54(47,48)45-38-21-13-12-20-36(38)26-39(45)41-43(51-28-34-16-8-4-9-17-34)44(52-29-35-18-10-5-11-19-35)42(40(53-41)30-49-32(2)46)50-27-33-14-6-3-7-15-33/h3-26,40-44H,27-30H2,1-2H3/t40-,41-,42-,43-,44+/m1/s1. The van der Waals surface area contributed by atoms with Gasteiger partial charge in [-0.25, -0.2) is 12.4 Å². The number of hydrogen-bond acceptors (Lipinski definition) is 8. The number of hydrogen-bond donors (Lipinski definition) is 0. The molecule has 0 N–H and O–H groups in total. The molecule has 0 unspecified atom stereocenters. The van der Waals surface area contributed by atoms with Crippen LogP contribution in [0.15, 0.2) is 150 Å². The Morgan fingerprint density at radius 3 is 1.70 bits per heavy atom. The van der Waals surface area contributed by atoms with E-state index in [1.54, 1.807) is 36.4 Å². The van der Waals surface area contributed by atoms with Crippen molar-refractivity contribution in [1.29, 1.82) is 0 Å². The SMILES string of the molecule is CC(=O)OC[C@H]1O[C@H](c2cc3ccccc3n2S(=O)(=O)c2ccc(C)cc2)[C@@H](OCc2ccccc2)[C@@H](OCc2ccccc2)[C@@H]1OCc1ccccc1. The lowest BCUT2D eigenvalue weighted by Crippen LogP contribution is -2.58. The van der Waals surface area contributed by atoms with Gasteiger partial charge >= 0.3 is 5.97 Å². The van der Waals surface area contributed by atoms with Gasteiger partial charge in [-0.1, -0.05) is 127 Å². The molecular formula is C44H43NO8S. The van der Waals surface area contributed by atoms with Crippen LogP contribution >= 0.6 is 0 Å². The fourth-order valence-corrected chi connectivity index (χ4v) is 8.34. The number of aromatic nitrogens is 1. The molecule has 0 spiro atoms. The van der Waals surface area contributed by atoms with Crippen molar-refractivity contribution in [2.45, 2.75) is 69.1 Å². The van der Waals surface area contributed by atoms with Crippen molar-refractivity contribution in [2.75, 3.05) is 6.61 Å². The van der Waals surface area contributed by atoms with Gasteiger partial charge < -0.3 is 23.7 Å². The van der Waals surface area contributed by atoms with Crippen LogP contribution in [0.4, 0.5) is 0 Å². The number of benzene rings is 5. The minimum absolute atomic E-state index is 0.130. The molecule has 5 aromatic carbocycles. The number of para-hydroxylation sites is 1. The predicted molar refractivity (Wildman–Crippen MR) is 205 cm³/mol. The third kappa shape index (κ3) is 8.49. The molecule has 278 valence electrons. The number of esters is 1. The Hall–Kier alpha value is -5.10. The van der Waals surface area contributed by atoms with Crippen LogP contribution in [0.1, 0.15) is 41.0 Å². The third-order valence-corrected chi connectivity index (χ3v) is 11.2. The van der Waals surface area contributed by atoms with Gasteiger partial charge in [0.25, 0.3) is 10.0 Å². The highest BCUT2D eigenvalue weighted by Gasteiger charge is 2.51. The molecule has 1 aliphatic heterocycles. The molecule has 0 aliphatic carbocycles. The quantitative estimate of drug-likeness (QED) is 0.104. The molecule has 7 rings (SSSR count). The van der Waals surface area contributed by atoms with E-state index in [0.717, 1.165) is 22.3 Å². The Balaban J connectivity index is 1.38. The summed E-state index contributed by atoms with van der Waals surface area (Å²) in [6.07, 6.45) is -4.38. The average Bonchev–Trinajstić information content (AvgIpc) is 3.59. The maximum Gasteiger partial charge on any atom is 0.302 e. The summed E-state index contributed by atoms with van der Waals surface area (Å²) in [6.45, 7) is 3.69. The normalized spacial score (nSPS) is 20.1. The highest BCUT2D eigenvalue weighted by Crippen LogP contribution is 2.41. The van der Waals surface area contributed by atoms with Gasteiger partial charge in [-0.2, -0.15) is 0 Å². The van der Waals surface area contributed by atoms with E-state index in [9.17, 15) is 13.2 Å². The zero-order valence-corrected chi connectivity index (χ0v) is 31.0. The van der Waals surface area contributed by atoms with E-state index in [4.69, 9.17) is 23.7 Å². The Morgan fingerprint density at radius 1 is 0.648 bits per heavy atom. The second-order valence-corrected chi connectivity index (χ2v) is 15.2. The minimum atomic E-state index is -4.16. The molecule has 9 nitrogen and oxygen atoms in total. The maximum atomic E-state index is 14.7. The molecule has 0 radical (unpaired) electrons. The van der Waals surface area contributed by atoms with Crippen molar-refractivity contribution in [3.8, 4) is 0 Å². The Bertz CT molecular complexity index is 2240. The number of carbonyl (C=O) groups excluding carboxylic acids is 1. The molecular weight excluding hydrogens is 703 g/mol. The number of aryl methyl sites for hydroxylation is 1. The van der Waals surface area contributed by atoms with Gasteiger partial charge in [-0.05, 0) is 47.9 Å². The zero-order chi connectivity index (χ0) is 37.5. The van der Waals surface area contributed by atoms with E-state index in [0.29, 0.717) is 16.6 Å². The Labute approximate surface area is 316 Å². The molecule has 6 aromatic rings. The van der Waals surface area contributed by atoms with Crippen molar-refractivity contribution in [1.82, 2.24) is 3.97 Å². The summed E-state index contributed by atoms with van der Waals surface area (Å²) in [7, 11) is -4.16. The summed E-state index contributed by atoms with van der Waals surface area (Å²) >= 11 is 0. The summed E-state index contributed by atoms with van der Waals surface area (Å²) in [6, 6.07) is 45.1. The first-order valence-corrected chi connectivity index (χ1v) is 19.4. The number of nitrogens with zero attached hydrogens (tertiary/aromatic N) is 1. The lowest BCUT2D eigenvalue weighted by Gasteiger charge is -2.46.